The first-order chi connectivity index (χ1) is 12.2. The molecule has 1 aliphatic rings. The molecular formula is C19H27N5O. The maximum absolute atomic E-state index is 12.1. The number of hydrogen-bond donors (Lipinski definition) is 2. The zero-order valence-corrected chi connectivity index (χ0v) is 14.8. The first-order valence-electron chi connectivity index (χ1n) is 9.02. The highest BCUT2D eigenvalue weighted by Crippen LogP contribution is 2.12. The number of nitrogens with zero attached hydrogens (tertiary/aromatic N) is 3. The molecule has 6 nitrogen and oxygen atoms in total. The lowest BCUT2D eigenvalue weighted by Gasteiger charge is -2.20. The van der Waals surface area contributed by atoms with Gasteiger partial charge < -0.3 is 15.5 Å². The minimum Gasteiger partial charge on any atom is -0.338 e. The summed E-state index contributed by atoms with van der Waals surface area (Å²) in [5.74, 6) is 0.454. The van der Waals surface area contributed by atoms with Gasteiger partial charge in [-0.25, -0.2) is 4.79 Å². The quantitative estimate of drug-likeness (QED) is 0.814. The Bertz CT molecular complexity index is 664. The van der Waals surface area contributed by atoms with Crippen molar-refractivity contribution in [3.63, 3.8) is 0 Å². The van der Waals surface area contributed by atoms with Crippen LogP contribution >= 0.6 is 0 Å². The van der Waals surface area contributed by atoms with Crippen molar-refractivity contribution in [3.8, 4) is 0 Å². The minimum absolute atomic E-state index is 0.149. The van der Waals surface area contributed by atoms with E-state index in [2.05, 4.69) is 27.6 Å². The molecule has 2 aromatic rings. The highest BCUT2D eigenvalue weighted by Gasteiger charge is 2.15. The normalized spacial score (nSPS) is 15.9. The van der Waals surface area contributed by atoms with Gasteiger partial charge in [0.15, 0.2) is 0 Å². The molecule has 1 aromatic carbocycles. The molecule has 2 heterocycles. The van der Waals surface area contributed by atoms with Gasteiger partial charge in [0.2, 0.25) is 0 Å². The average molecular weight is 341 g/mol. The summed E-state index contributed by atoms with van der Waals surface area (Å²) in [5.41, 5.74) is 1.90. The number of likely N-dealkylation sites (tertiary alicyclic amines) is 1. The molecule has 2 amide bonds. The summed E-state index contributed by atoms with van der Waals surface area (Å²) < 4.78 is 1.86. The molecule has 1 saturated heterocycles. The van der Waals surface area contributed by atoms with E-state index >= 15 is 0 Å². The lowest BCUT2D eigenvalue weighted by molar-refractivity contribution is 0.245. The molecule has 0 radical (unpaired) electrons. The molecular weight excluding hydrogens is 314 g/mol. The van der Waals surface area contributed by atoms with Crippen LogP contribution in [0.1, 0.15) is 25.3 Å². The Kier molecular flexibility index (Phi) is 6.06. The van der Waals surface area contributed by atoms with Gasteiger partial charge in [0.05, 0.1) is 6.54 Å². The second-order valence-electron chi connectivity index (χ2n) is 6.85. The summed E-state index contributed by atoms with van der Waals surface area (Å²) in [6, 6.07) is 9.62. The SMILES string of the molecule is CC(CNC(=O)Nc1cccc(Cn2cccn2)c1)CN1CCCC1. The molecule has 0 bridgehead atoms. The Balaban J connectivity index is 1.44. The van der Waals surface area contributed by atoms with E-state index in [1.54, 1.807) is 6.20 Å². The topological polar surface area (TPSA) is 62.2 Å². The standard InChI is InChI=1S/C19H27N5O/c1-16(14-23-9-2-3-10-23)13-20-19(25)22-18-7-4-6-17(12-18)15-24-11-5-8-21-24/h4-8,11-12,16H,2-3,9-10,13-15H2,1H3,(H2,20,22,25). The molecule has 0 spiro atoms. The minimum atomic E-state index is -0.149. The predicted octanol–water partition coefficient (Wildman–Crippen LogP) is 2.78. The lowest BCUT2D eigenvalue weighted by atomic mass is 10.1. The van der Waals surface area contributed by atoms with Crippen molar-refractivity contribution in [2.45, 2.75) is 26.3 Å². The molecule has 1 aromatic heterocycles. The number of nitrogens with one attached hydrogen (secondary N) is 2. The van der Waals surface area contributed by atoms with E-state index < -0.39 is 0 Å². The summed E-state index contributed by atoms with van der Waals surface area (Å²) in [5, 5.41) is 10.1. The van der Waals surface area contributed by atoms with E-state index in [1.165, 1.54) is 25.9 Å². The second-order valence-corrected chi connectivity index (χ2v) is 6.85. The molecule has 0 aliphatic carbocycles. The van der Waals surface area contributed by atoms with E-state index in [-0.39, 0.29) is 6.03 Å². The number of aromatic nitrogens is 2. The van der Waals surface area contributed by atoms with Crippen LogP contribution in [0.25, 0.3) is 0 Å². The number of carbonyl (C=O) groups is 1. The van der Waals surface area contributed by atoms with Gasteiger partial charge in [0.1, 0.15) is 0 Å². The number of rotatable bonds is 7. The van der Waals surface area contributed by atoms with Crippen LogP contribution in [0.4, 0.5) is 10.5 Å². The zero-order valence-electron chi connectivity index (χ0n) is 14.8. The number of carbonyl (C=O) groups excluding carboxylic acids is 1. The van der Waals surface area contributed by atoms with E-state index in [9.17, 15) is 4.79 Å². The number of urea groups is 1. The molecule has 134 valence electrons. The summed E-state index contributed by atoms with van der Waals surface area (Å²) in [6.45, 7) is 7.01. The third-order valence-corrected chi connectivity index (χ3v) is 4.47. The third-order valence-electron chi connectivity index (χ3n) is 4.47. The van der Waals surface area contributed by atoms with Crippen molar-refractivity contribution < 1.29 is 4.79 Å². The molecule has 1 aliphatic heterocycles. The van der Waals surface area contributed by atoms with Crippen molar-refractivity contribution in [2.24, 2.45) is 5.92 Å². The molecule has 2 N–H and O–H groups in total. The Labute approximate surface area is 149 Å². The number of hydrogen-bond acceptors (Lipinski definition) is 3. The Morgan fingerprint density at radius 3 is 2.88 bits per heavy atom. The highest BCUT2D eigenvalue weighted by molar-refractivity contribution is 5.89. The van der Waals surface area contributed by atoms with Gasteiger partial charge in [-0.1, -0.05) is 19.1 Å². The van der Waals surface area contributed by atoms with Gasteiger partial charge in [0.25, 0.3) is 0 Å². The fraction of sp³-hybridized carbons (Fsp3) is 0.474. The van der Waals surface area contributed by atoms with Gasteiger partial charge in [-0.15, -0.1) is 0 Å². The monoisotopic (exact) mass is 341 g/mol. The van der Waals surface area contributed by atoms with Gasteiger partial charge in [-0.3, -0.25) is 4.68 Å². The third kappa shape index (κ3) is 5.60. The zero-order chi connectivity index (χ0) is 17.5. The van der Waals surface area contributed by atoms with Gasteiger partial charge >= 0.3 is 6.03 Å². The number of benzene rings is 1. The fourth-order valence-electron chi connectivity index (χ4n) is 3.24. The van der Waals surface area contributed by atoms with Crippen LogP contribution in [-0.2, 0) is 6.54 Å². The number of amides is 2. The smallest absolute Gasteiger partial charge is 0.319 e. The molecule has 1 unspecified atom stereocenters. The van der Waals surface area contributed by atoms with Crippen molar-refractivity contribution in [2.75, 3.05) is 31.5 Å². The maximum Gasteiger partial charge on any atom is 0.319 e. The Morgan fingerprint density at radius 2 is 2.12 bits per heavy atom. The maximum atomic E-state index is 12.1. The van der Waals surface area contributed by atoms with Crippen LogP contribution in [0.2, 0.25) is 0 Å². The van der Waals surface area contributed by atoms with Crippen molar-refractivity contribution in [1.29, 1.82) is 0 Å². The van der Waals surface area contributed by atoms with E-state index in [1.807, 2.05) is 41.2 Å². The largest absolute Gasteiger partial charge is 0.338 e. The van der Waals surface area contributed by atoms with Gasteiger partial charge in [0, 0.05) is 31.2 Å². The summed E-state index contributed by atoms with van der Waals surface area (Å²) in [7, 11) is 0. The Hall–Kier alpha value is -2.34. The molecule has 3 rings (SSSR count). The van der Waals surface area contributed by atoms with E-state index in [0.29, 0.717) is 19.0 Å². The molecule has 6 heteroatoms. The summed E-state index contributed by atoms with van der Waals surface area (Å²) in [4.78, 5) is 14.6. The lowest BCUT2D eigenvalue weighted by Crippen LogP contribution is -2.36. The molecule has 25 heavy (non-hydrogen) atoms. The fourth-order valence-corrected chi connectivity index (χ4v) is 3.24. The van der Waals surface area contributed by atoms with Crippen molar-refractivity contribution >= 4 is 11.7 Å². The van der Waals surface area contributed by atoms with Crippen molar-refractivity contribution in [1.82, 2.24) is 20.0 Å². The predicted molar refractivity (Wildman–Crippen MR) is 99.6 cm³/mol. The second kappa shape index (κ2) is 8.67. The van der Waals surface area contributed by atoms with Crippen LogP contribution in [0, 0.1) is 5.92 Å². The molecule has 1 fully saturated rings. The van der Waals surface area contributed by atoms with E-state index in [0.717, 1.165) is 17.8 Å². The van der Waals surface area contributed by atoms with Crippen LogP contribution in [-0.4, -0.2) is 46.9 Å². The summed E-state index contributed by atoms with van der Waals surface area (Å²) in [6.07, 6.45) is 6.29. The Morgan fingerprint density at radius 1 is 1.28 bits per heavy atom. The summed E-state index contributed by atoms with van der Waals surface area (Å²) >= 11 is 0. The number of anilines is 1. The van der Waals surface area contributed by atoms with Crippen molar-refractivity contribution in [3.05, 3.63) is 48.3 Å². The van der Waals surface area contributed by atoms with Crippen LogP contribution < -0.4 is 10.6 Å². The van der Waals surface area contributed by atoms with Crippen LogP contribution in [0.3, 0.4) is 0 Å². The molecule has 0 saturated carbocycles. The first-order valence-corrected chi connectivity index (χ1v) is 9.02. The van der Waals surface area contributed by atoms with Crippen LogP contribution in [0.5, 0.6) is 0 Å². The van der Waals surface area contributed by atoms with Crippen LogP contribution in [0.15, 0.2) is 42.7 Å². The van der Waals surface area contributed by atoms with E-state index in [4.69, 9.17) is 0 Å². The average Bonchev–Trinajstić information content (AvgIpc) is 3.27. The molecule has 1 atom stereocenters. The first kappa shape index (κ1) is 17.5. The van der Waals surface area contributed by atoms with Gasteiger partial charge in [-0.2, -0.15) is 5.10 Å². The van der Waals surface area contributed by atoms with Gasteiger partial charge in [-0.05, 0) is 55.6 Å². The highest BCUT2D eigenvalue weighted by atomic mass is 16.2.